The number of nitriles is 1. The van der Waals surface area contributed by atoms with Gasteiger partial charge in [-0.05, 0) is 45.8 Å². The Morgan fingerprint density at radius 2 is 2.03 bits per heavy atom. The second kappa shape index (κ2) is 9.54. The highest BCUT2D eigenvalue weighted by atomic mass is 16.5. The summed E-state index contributed by atoms with van der Waals surface area (Å²) in [5, 5.41) is 13.4. The zero-order chi connectivity index (χ0) is 24.6. The molecule has 5 rings (SSSR count). The number of carbonyl (C=O) groups is 2. The molecule has 2 atom stereocenters. The Hall–Kier alpha value is -3.05. The molecule has 0 radical (unpaired) electrons. The molecule has 8 nitrogen and oxygen atoms in total. The third-order valence-corrected chi connectivity index (χ3v) is 7.83. The highest BCUT2D eigenvalue weighted by Crippen LogP contribution is 2.39. The molecule has 2 heterocycles. The zero-order valence-electron chi connectivity index (χ0n) is 20.7. The number of fused-ring (bicyclic) bond motifs is 3. The molecule has 35 heavy (non-hydrogen) atoms. The van der Waals surface area contributed by atoms with E-state index in [1.807, 2.05) is 31.1 Å². The predicted molar refractivity (Wildman–Crippen MR) is 133 cm³/mol. The fraction of sp³-hybridized carbons (Fsp3) is 0.593. The highest BCUT2D eigenvalue weighted by Gasteiger charge is 2.47. The summed E-state index contributed by atoms with van der Waals surface area (Å²) >= 11 is 0. The van der Waals surface area contributed by atoms with Crippen LogP contribution in [-0.2, 0) is 22.6 Å². The van der Waals surface area contributed by atoms with Crippen molar-refractivity contribution in [3.8, 4) is 11.8 Å². The Balaban J connectivity index is 1.32. The van der Waals surface area contributed by atoms with Crippen LogP contribution in [0.4, 0.5) is 0 Å². The molecule has 0 saturated heterocycles. The summed E-state index contributed by atoms with van der Waals surface area (Å²) in [5.41, 5.74) is 2.61. The van der Waals surface area contributed by atoms with E-state index in [1.54, 1.807) is 0 Å². The monoisotopic (exact) mass is 477 g/mol. The van der Waals surface area contributed by atoms with Gasteiger partial charge in [-0.2, -0.15) is 5.26 Å². The number of amides is 2. The first-order valence-electron chi connectivity index (χ1n) is 12.8. The molecule has 8 heteroatoms. The summed E-state index contributed by atoms with van der Waals surface area (Å²) < 4.78 is 6.05. The highest BCUT2D eigenvalue weighted by molar-refractivity contribution is 5.92. The maximum absolute atomic E-state index is 13.7. The predicted octanol–water partition coefficient (Wildman–Crippen LogP) is 2.97. The minimum Gasteiger partial charge on any atom is -0.490 e. The van der Waals surface area contributed by atoms with E-state index >= 15 is 0 Å². The normalized spacial score (nSPS) is 23.0. The van der Waals surface area contributed by atoms with Gasteiger partial charge in [-0.15, -0.1) is 0 Å². The first kappa shape index (κ1) is 23.7. The number of likely N-dealkylation sites (N-methyl/N-ethyl adjacent to an activating group) is 1. The Kier molecular flexibility index (Phi) is 6.45. The van der Waals surface area contributed by atoms with Gasteiger partial charge < -0.3 is 24.8 Å². The number of aromatic amines is 1. The summed E-state index contributed by atoms with van der Waals surface area (Å²) in [6, 6.07) is 8.32. The largest absolute Gasteiger partial charge is 0.490 e. The molecule has 1 aliphatic heterocycles. The van der Waals surface area contributed by atoms with Gasteiger partial charge in [0, 0.05) is 54.5 Å². The van der Waals surface area contributed by atoms with Gasteiger partial charge in [0.1, 0.15) is 17.9 Å². The van der Waals surface area contributed by atoms with Crippen molar-refractivity contribution < 1.29 is 14.3 Å². The summed E-state index contributed by atoms with van der Waals surface area (Å²) in [5.74, 6) is 0.140. The summed E-state index contributed by atoms with van der Waals surface area (Å²) in [6.07, 6.45) is 5.52. The van der Waals surface area contributed by atoms with Gasteiger partial charge in [0.2, 0.25) is 11.8 Å². The molecule has 1 aromatic heterocycles. The lowest BCUT2D eigenvalue weighted by Gasteiger charge is -2.36. The molecule has 186 valence electrons. The molecule has 2 fully saturated rings. The SMILES string of the molecule is CN(C)CCOc1cccc2c3c([nH]c12)CCN(C(=O)[C@@H]1CCCC[C@H]1C(=O)NC1(C#N)CC1)C3. The zero-order valence-corrected chi connectivity index (χ0v) is 20.7. The maximum atomic E-state index is 13.7. The average molecular weight is 478 g/mol. The molecule has 2 amide bonds. The van der Waals surface area contributed by atoms with Crippen LogP contribution in [0.3, 0.4) is 0 Å². The van der Waals surface area contributed by atoms with Crippen LogP contribution in [0.5, 0.6) is 5.75 Å². The summed E-state index contributed by atoms with van der Waals surface area (Å²) in [6.45, 7) is 2.63. The number of nitrogens with zero attached hydrogens (tertiary/aromatic N) is 3. The van der Waals surface area contributed by atoms with Crippen LogP contribution in [0.25, 0.3) is 10.9 Å². The number of para-hydroxylation sites is 1. The van der Waals surface area contributed by atoms with E-state index in [0.717, 1.165) is 60.1 Å². The Morgan fingerprint density at radius 3 is 2.74 bits per heavy atom. The molecular formula is C27H35N5O3. The molecule has 2 aromatic rings. The van der Waals surface area contributed by atoms with Crippen molar-refractivity contribution in [2.24, 2.45) is 11.8 Å². The number of rotatable bonds is 7. The van der Waals surface area contributed by atoms with Crippen molar-refractivity contribution >= 4 is 22.7 Å². The van der Waals surface area contributed by atoms with Crippen molar-refractivity contribution in [3.05, 3.63) is 29.5 Å². The Labute approximate surface area is 206 Å². The molecule has 0 spiro atoms. The summed E-state index contributed by atoms with van der Waals surface area (Å²) in [7, 11) is 4.05. The van der Waals surface area contributed by atoms with Crippen molar-refractivity contribution in [3.63, 3.8) is 0 Å². The molecule has 2 aliphatic carbocycles. The van der Waals surface area contributed by atoms with E-state index in [0.29, 0.717) is 39.0 Å². The van der Waals surface area contributed by atoms with Crippen LogP contribution in [-0.4, -0.2) is 65.9 Å². The molecule has 2 N–H and O–H groups in total. The molecular weight excluding hydrogens is 442 g/mol. The number of aromatic nitrogens is 1. The lowest BCUT2D eigenvalue weighted by Crippen LogP contribution is -2.48. The lowest BCUT2D eigenvalue weighted by molar-refractivity contribution is -0.144. The second-order valence-electron chi connectivity index (χ2n) is 10.6. The van der Waals surface area contributed by atoms with Crippen LogP contribution < -0.4 is 10.1 Å². The Morgan fingerprint density at radius 1 is 1.26 bits per heavy atom. The topological polar surface area (TPSA) is 101 Å². The van der Waals surface area contributed by atoms with Gasteiger partial charge in [-0.25, -0.2) is 0 Å². The van der Waals surface area contributed by atoms with Crippen LogP contribution in [0, 0.1) is 23.2 Å². The van der Waals surface area contributed by atoms with Gasteiger partial charge in [-0.1, -0.05) is 25.0 Å². The first-order valence-corrected chi connectivity index (χ1v) is 12.8. The van der Waals surface area contributed by atoms with Crippen molar-refractivity contribution in [2.75, 3.05) is 33.8 Å². The molecule has 3 aliphatic rings. The number of ether oxygens (including phenoxy) is 1. The Bertz CT molecular complexity index is 1160. The number of nitrogens with one attached hydrogen (secondary N) is 2. The van der Waals surface area contributed by atoms with Crippen LogP contribution >= 0.6 is 0 Å². The van der Waals surface area contributed by atoms with E-state index in [2.05, 4.69) is 27.3 Å². The fourth-order valence-electron chi connectivity index (χ4n) is 5.55. The maximum Gasteiger partial charge on any atom is 0.226 e. The average Bonchev–Trinajstić information content (AvgIpc) is 3.54. The number of hydrogen-bond donors (Lipinski definition) is 2. The fourth-order valence-corrected chi connectivity index (χ4v) is 5.55. The number of benzene rings is 1. The van der Waals surface area contributed by atoms with E-state index < -0.39 is 5.54 Å². The van der Waals surface area contributed by atoms with Gasteiger partial charge in [0.25, 0.3) is 0 Å². The van der Waals surface area contributed by atoms with Crippen LogP contribution in [0.2, 0.25) is 0 Å². The van der Waals surface area contributed by atoms with E-state index in [4.69, 9.17) is 4.74 Å². The quantitative estimate of drug-likeness (QED) is 0.639. The first-order chi connectivity index (χ1) is 16.9. The van der Waals surface area contributed by atoms with E-state index in [1.165, 1.54) is 0 Å². The van der Waals surface area contributed by atoms with Crippen molar-refractivity contribution in [2.45, 2.75) is 57.0 Å². The van der Waals surface area contributed by atoms with Crippen LogP contribution in [0.1, 0.15) is 49.8 Å². The minimum absolute atomic E-state index is 0.0741. The number of hydrogen-bond acceptors (Lipinski definition) is 5. The van der Waals surface area contributed by atoms with Gasteiger partial charge >= 0.3 is 0 Å². The molecule has 0 bridgehead atoms. The minimum atomic E-state index is -0.696. The van der Waals surface area contributed by atoms with E-state index in [-0.39, 0.29) is 23.7 Å². The number of carbonyl (C=O) groups excluding carboxylic acids is 2. The van der Waals surface area contributed by atoms with Gasteiger partial charge in [0.05, 0.1) is 11.6 Å². The molecule has 0 unspecified atom stereocenters. The van der Waals surface area contributed by atoms with Gasteiger partial charge in [0.15, 0.2) is 0 Å². The third-order valence-electron chi connectivity index (χ3n) is 7.83. The standard InChI is InChI=1S/C27H35N5O3/c1-31(2)14-15-35-23-9-5-8-18-21-16-32(13-10-22(21)29-24(18)23)26(34)20-7-4-3-6-19(20)25(33)30-27(17-28)11-12-27/h5,8-9,19-20,29H,3-4,6-7,10-16H2,1-2H3,(H,30,33)/t19-,20-/m1/s1. The second-order valence-corrected chi connectivity index (χ2v) is 10.6. The summed E-state index contributed by atoms with van der Waals surface area (Å²) in [4.78, 5) is 34.3. The van der Waals surface area contributed by atoms with Crippen molar-refractivity contribution in [1.29, 1.82) is 5.26 Å². The lowest BCUT2D eigenvalue weighted by atomic mass is 9.77. The van der Waals surface area contributed by atoms with E-state index in [9.17, 15) is 14.9 Å². The third kappa shape index (κ3) is 4.74. The van der Waals surface area contributed by atoms with Gasteiger partial charge in [-0.3, -0.25) is 9.59 Å². The number of H-pyrrole nitrogens is 1. The van der Waals surface area contributed by atoms with Crippen molar-refractivity contribution in [1.82, 2.24) is 20.1 Å². The smallest absolute Gasteiger partial charge is 0.226 e. The van der Waals surface area contributed by atoms with Crippen LogP contribution in [0.15, 0.2) is 18.2 Å². The molecule has 1 aromatic carbocycles. The molecule has 2 saturated carbocycles.